The molecule has 0 fully saturated rings. The summed E-state index contributed by atoms with van der Waals surface area (Å²) >= 11 is 0. The van der Waals surface area contributed by atoms with Gasteiger partial charge in [-0.1, -0.05) is 59.7 Å². The number of amides is 6. The molecule has 143 heavy (non-hydrogen) atoms. The Bertz CT molecular complexity index is 8240. The number of hydrogen-bond acceptors (Lipinski definition) is 23. The van der Waals surface area contributed by atoms with E-state index in [9.17, 15) is 28.8 Å². The summed E-state index contributed by atoms with van der Waals surface area (Å²) in [5.41, 5.74) is 57.1. The van der Waals surface area contributed by atoms with Crippen LogP contribution in [0.5, 0.6) is 17.2 Å². The largest absolute Gasteiger partial charge is 0.481 e. The van der Waals surface area contributed by atoms with Crippen molar-refractivity contribution >= 4 is 143 Å². The topological polar surface area (TPSA) is 510 Å². The molecule has 6 aromatic carbocycles. The Morgan fingerprint density at radius 1 is 0.420 bits per heavy atom. The zero-order valence-corrected chi connectivity index (χ0v) is 77.3. The van der Waals surface area contributed by atoms with E-state index in [1.807, 2.05) is 165 Å². The van der Waals surface area contributed by atoms with Crippen LogP contribution in [0.1, 0.15) is 128 Å². The highest BCUT2D eigenvalue weighted by molar-refractivity contribution is 6.07. The number of allylic oxidation sites excluding steroid dienone is 1. The average Bonchev–Trinajstić information content (AvgIpc) is 1.77. The summed E-state index contributed by atoms with van der Waals surface area (Å²) in [5, 5.41) is 62.5. The second kappa shape index (κ2) is 44.3. The summed E-state index contributed by atoms with van der Waals surface area (Å²) in [6.07, 6.45) is 46.8. The fourth-order valence-electron chi connectivity index (χ4n) is 15.9. The van der Waals surface area contributed by atoms with Gasteiger partial charge in [-0.3, -0.25) is 28.8 Å². The van der Waals surface area contributed by atoms with Crippen LogP contribution in [0.3, 0.4) is 0 Å². The number of anilines is 12. The number of nitrogens with two attached hydrogens (primary N) is 6. The van der Waals surface area contributed by atoms with E-state index in [2.05, 4.69) is 110 Å². The number of carbonyl (C=O) groups excluding carboxylic acids is 6. The van der Waals surface area contributed by atoms with Gasteiger partial charge in [0.25, 0.3) is 35.4 Å². The van der Waals surface area contributed by atoms with Crippen molar-refractivity contribution in [3.63, 3.8) is 0 Å². The van der Waals surface area contributed by atoms with Crippen LogP contribution >= 0.6 is 0 Å². The minimum Gasteiger partial charge on any atom is -0.481 e. The van der Waals surface area contributed by atoms with Crippen LogP contribution in [0.2, 0.25) is 0 Å². The lowest BCUT2D eigenvalue weighted by Gasteiger charge is -2.25. The first kappa shape index (κ1) is 97.0. The molecule has 6 amide bonds. The predicted octanol–water partition coefficient (Wildman–Crippen LogP) is 15.6. The monoisotopic (exact) mass is 1900 g/mol. The number of benzene rings is 6. The molecule has 18 N–H and O–H groups in total. The number of aryl methyl sites for hydroxylation is 1. The van der Waals surface area contributed by atoms with Crippen molar-refractivity contribution in [3.05, 3.63) is 346 Å². The first-order chi connectivity index (χ1) is 69.3. The van der Waals surface area contributed by atoms with Crippen LogP contribution < -0.4 is 80.5 Å². The van der Waals surface area contributed by atoms with Crippen LogP contribution in [0.4, 0.5) is 68.2 Å². The van der Waals surface area contributed by atoms with Crippen molar-refractivity contribution in [2.45, 2.75) is 71.5 Å². The molecular weight excluding hydrogens is 1810 g/mol. The Kier molecular flexibility index (Phi) is 30.0. The number of nitrogens with one attached hydrogen (secondary N) is 6. The molecule has 2 aliphatic carbocycles. The van der Waals surface area contributed by atoms with E-state index in [0.29, 0.717) is 110 Å². The molecule has 2 aliphatic rings. The van der Waals surface area contributed by atoms with Gasteiger partial charge in [-0.15, -0.1) is 31.6 Å². The lowest BCUT2D eigenvalue weighted by atomic mass is 9.83. The van der Waals surface area contributed by atoms with E-state index in [1.54, 1.807) is 108 Å². The zero-order chi connectivity index (χ0) is 101. The molecule has 12 aromatic heterocycles. The first-order valence-corrected chi connectivity index (χ1v) is 44.4. The number of rotatable bonds is 27. The minimum absolute atomic E-state index is 0.216. The van der Waals surface area contributed by atoms with E-state index in [0.717, 1.165) is 97.5 Å². The van der Waals surface area contributed by atoms with Crippen LogP contribution in [0, 0.1) is 79.0 Å². The summed E-state index contributed by atoms with van der Waals surface area (Å²) in [4.78, 5) is 70.4. The molecule has 2 atom stereocenters. The molecule has 0 saturated carbocycles. The molecule has 708 valence electrons. The SMILES string of the molecule is C#CC(C)Oc1ccc(Nc2c(C(N)=O)cnn3cccc23)cc1.C#CCC1=Cc2cc(Nc3c(C(N)=O)cnn4cccc34)ccc2C1.C#CCOc1ccc(Nc2c(C(N)=O)cnn3cccc23)cc1.C#Cc1ccc(Nc2c(C(N)=O)cnn3cccc23)c2c1CC2.CC(C#N)Oc1ccccc1Nc1c(C(N)=O)cnn2cccc12.Cc1cccc(Nc2c(C(N)=O)cnn3cccc23)c1CCC#N. The molecule has 2 unspecified atom stereocenters. The maximum absolute atomic E-state index is 11.8. The van der Waals surface area contributed by atoms with Crippen molar-refractivity contribution in [2.75, 3.05) is 38.5 Å². The van der Waals surface area contributed by atoms with Gasteiger partial charge in [0, 0.05) is 84.0 Å². The maximum Gasteiger partial charge on any atom is 0.252 e. The van der Waals surface area contributed by atoms with Gasteiger partial charge in [0.15, 0.2) is 12.2 Å². The smallest absolute Gasteiger partial charge is 0.252 e. The number of carbonyl (C=O) groups is 6. The van der Waals surface area contributed by atoms with E-state index >= 15 is 0 Å². The number of fused-ring (bicyclic) bond motifs is 8. The number of nitrogens with zero attached hydrogens (tertiary/aromatic N) is 14. The molecule has 0 bridgehead atoms. The van der Waals surface area contributed by atoms with Crippen LogP contribution in [0.25, 0.3) is 39.2 Å². The molecule has 0 saturated heterocycles. The third-order valence-electron chi connectivity index (χ3n) is 22.9. The Balaban J connectivity index is 0.000000129. The van der Waals surface area contributed by atoms with Gasteiger partial charge in [0.1, 0.15) is 29.9 Å². The standard InChI is InChI=1S/C20H16N4O.C18H17N5O.C18H16N4O2.C18H14N4O.C17H15N5O2.C17H14N4O2/c1-2-4-13-9-14-6-7-16(11-15(14)10-13)23-19-17(20(21)25)12-22-24-8-3-5-18(19)24;1-12-5-2-7-15(13(12)6-3-9-19)22-17-14(18(20)24)11-21-23-10-4-8-16(17)23;1-3-12(2)24-14-8-6-13(7-9-14)21-17-15(18(19)23)11-20-22-10-4-5-16(17)22;1-2-11-5-8-15(13-7-6-12(11)13)21-17-14(18(19)23)10-20-22-9-3-4-16(17)22;1-11(9-18)24-15-7-3-2-5-13(15)21-16-12(17(19)23)10-20-22-8-4-6-14(16)22;1-2-10-23-13-7-5-12(6-8-13)20-16-14(17(18)22)11-19-21-9-3-4-15(16)21/h1,3,5-8,10-12,23H,4,9H2,(H2,21,25);2,4-5,7-8,10-11,22H,3,6H2,1H3,(H2,20,24);1,4-12,21H,2H3,(H2,19,23);1,3-5,8-10,21H,6-7H2,(H2,19,23);2-8,10-11,21H,1H3,(H2,19,23);1,3-9,11,20H,10H2,(H2,18,22). The number of nitriles is 2. The Morgan fingerprint density at radius 3 is 1.22 bits per heavy atom. The zero-order valence-electron chi connectivity index (χ0n) is 77.3. The summed E-state index contributed by atoms with van der Waals surface area (Å²) in [6.45, 7) is 5.68. The Morgan fingerprint density at radius 2 is 0.818 bits per heavy atom. The summed E-state index contributed by atoms with van der Waals surface area (Å²) in [6, 6.07) is 64.1. The van der Waals surface area contributed by atoms with Crippen LogP contribution in [-0.4, -0.2) is 112 Å². The van der Waals surface area contributed by atoms with Gasteiger partial charge < -0.3 is 80.5 Å². The highest BCUT2D eigenvalue weighted by atomic mass is 16.5. The molecule has 20 rings (SSSR count). The van der Waals surface area contributed by atoms with Crippen LogP contribution in [-0.2, 0) is 25.7 Å². The molecule has 12 heterocycles. The highest BCUT2D eigenvalue weighted by Crippen LogP contribution is 2.40. The number of hydrogen-bond donors (Lipinski definition) is 12. The lowest BCUT2D eigenvalue weighted by molar-refractivity contribution is 0.0992. The van der Waals surface area contributed by atoms with Crippen molar-refractivity contribution in [3.8, 4) is 78.8 Å². The van der Waals surface area contributed by atoms with Crippen molar-refractivity contribution < 1.29 is 43.0 Å². The molecule has 0 aliphatic heterocycles. The van der Waals surface area contributed by atoms with Gasteiger partial charge >= 0.3 is 0 Å². The van der Waals surface area contributed by atoms with E-state index in [-0.39, 0.29) is 18.3 Å². The van der Waals surface area contributed by atoms with Gasteiger partial charge in [-0.2, -0.15) is 41.1 Å². The van der Waals surface area contributed by atoms with E-state index in [1.165, 1.54) is 59.4 Å². The fourth-order valence-corrected chi connectivity index (χ4v) is 15.9. The number of ether oxygens (including phenoxy) is 3. The Hall–Kier alpha value is -20.6. The number of terminal acetylenes is 4. The normalized spacial score (nSPS) is 11.5. The first-order valence-electron chi connectivity index (χ1n) is 44.4. The quantitative estimate of drug-likeness (QED) is 0.0213. The third-order valence-corrected chi connectivity index (χ3v) is 22.9. The van der Waals surface area contributed by atoms with Gasteiger partial charge in [0.05, 0.1) is 150 Å². The Labute approximate surface area is 819 Å². The lowest BCUT2D eigenvalue weighted by Crippen LogP contribution is -2.17. The summed E-state index contributed by atoms with van der Waals surface area (Å²) in [7, 11) is 0. The van der Waals surface area contributed by atoms with Crippen LogP contribution in [0.15, 0.2) is 274 Å². The molecule has 35 nitrogen and oxygen atoms in total. The highest BCUT2D eigenvalue weighted by Gasteiger charge is 2.26. The summed E-state index contributed by atoms with van der Waals surface area (Å²) < 4.78 is 26.5. The third kappa shape index (κ3) is 22.3. The molecule has 0 spiro atoms. The number of para-hydroxylation sites is 2. The van der Waals surface area contributed by atoms with Crippen molar-refractivity contribution in [1.29, 1.82) is 10.5 Å². The van der Waals surface area contributed by atoms with Gasteiger partial charge in [-0.25, -0.2) is 27.1 Å². The second-order valence-electron chi connectivity index (χ2n) is 32.2. The maximum atomic E-state index is 11.8. The number of aromatic nitrogens is 12. The molecule has 35 heteroatoms. The molecule has 0 radical (unpaired) electrons. The fraction of sp³-hybridized carbons (Fsp3) is 0.111. The number of primary amides is 6. The predicted molar refractivity (Wildman–Crippen MR) is 549 cm³/mol. The second-order valence-corrected chi connectivity index (χ2v) is 32.2. The summed E-state index contributed by atoms with van der Waals surface area (Å²) in [5.74, 6) is 8.92. The van der Waals surface area contributed by atoms with Crippen molar-refractivity contribution in [2.24, 2.45) is 34.4 Å². The average molecular weight is 1900 g/mol. The minimum atomic E-state index is -0.602. The van der Waals surface area contributed by atoms with E-state index in [4.69, 9.17) is 84.8 Å². The molecular formula is C108H92N26O9. The van der Waals surface area contributed by atoms with Crippen molar-refractivity contribution in [1.82, 2.24) is 57.7 Å². The van der Waals surface area contributed by atoms with Gasteiger partial charge in [0.2, 0.25) is 0 Å². The van der Waals surface area contributed by atoms with Gasteiger partial charge in [-0.05, 0) is 244 Å². The molecule has 18 aromatic rings. The van der Waals surface area contributed by atoms with E-state index < -0.39 is 41.5 Å².